The average Bonchev–Trinajstić information content (AvgIpc) is 3.94. The molecule has 0 aliphatic heterocycles. The van der Waals surface area contributed by atoms with E-state index in [0.717, 1.165) is 22.3 Å². The Hall–Kier alpha value is -7.83. The molecule has 12 aromatic rings. The number of hydrogen-bond acceptors (Lipinski definition) is 5. The minimum absolute atomic E-state index is 0.643. The van der Waals surface area contributed by atoms with E-state index >= 15 is 0 Å². The molecule has 0 atom stereocenters. The van der Waals surface area contributed by atoms with E-state index < -0.39 is 0 Å². The van der Waals surface area contributed by atoms with Crippen molar-refractivity contribution in [1.29, 1.82) is 0 Å². The van der Waals surface area contributed by atoms with Gasteiger partial charge < -0.3 is 0 Å². The summed E-state index contributed by atoms with van der Waals surface area (Å²) in [6, 6.07) is 65.6. The van der Waals surface area contributed by atoms with Crippen LogP contribution in [-0.2, 0) is 0 Å². The van der Waals surface area contributed by atoms with Gasteiger partial charge in [0.25, 0.3) is 0 Å². The smallest absolute Gasteiger partial charge is 0.164 e. The normalized spacial score (nSPS) is 12.2. The first-order valence-electron chi connectivity index (χ1n) is 21.8. The molecule has 9 aromatic carbocycles. The lowest BCUT2D eigenvalue weighted by Crippen LogP contribution is -2.00. The summed E-state index contributed by atoms with van der Waals surface area (Å²) in [5.41, 5.74) is 10.1. The highest BCUT2D eigenvalue weighted by atomic mass is 32.1. The van der Waals surface area contributed by atoms with E-state index in [1.807, 2.05) is 53.0 Å². The largest absolute Gasteiger partial charge is 0.208 e. The van der Waals surface area contributed by atoms with Gasteiger partial charge in [0.1, 0.15) is 0 Å². The summed E-state index contributed by atoms with van der Waals surface area (Å²) in [5.74, 6) is 1.95. The van der Waals surface area contributed by atoms with Crippen molar-refractivity contribution in [1.82, 2.24) is 15.0 Å². The highest BCUT2D eigenvalue weighted by Gasteiger charge is 2.18. The zero-order valence-corrected chi connectivity index (χ0v) is 37.1. The van der Waals surface area contributed by atoms with Gasteiger partial charge in [-0.2, -0.15) is 0 Å². The summed E-state index contributed by atoms with van der Waals surface area (Å²) in [6.45, 7) is 6.05. The Bertz CT molecular complexity index is 3910. The molecule has 12 rings (SSSR count). The molecule has 3 aromatic heterocycles. The number of rotatable bonds is 8. The molecule has 0 fully saturated rings. The number of nitrogens with zero attached hydrogens (tertiary/aromatic N) is 3. The van der Waals surface area contributed by atoms with Crippen molar-refractivity contribution in [3.63, 3.8) is 0 Å². The molecule has 0 saturated carbocycles. The van der Waals surface area contributed by atoms with Crippen molar-refractivity contribution in [2.75, 3.05) is 0 Å². The summed E-state index contributed by atoms with van der Waals surface area (Å²) in [4.78, 5) is 15.3. The molecule has 306 valence electrons. The van der Waals surface area contributed by atoms with Gasteiger partial charge in [-0.25, -0.2) is 15.0 Å². The molecule has 3 nitrogen and oxygen atoms in total. The first kappa shape index (κ1) is 38.8. The second kappa shape index (κ2) is 16.1. The maximum Gasteiger partial charge on any atom is 0.164 e. The predicted molar refractivity (Wildman–Crippen MR) is 281 cm³/mol. The van der Waals surface area contributed by atoms with Crippen LogP contribution in [0.5, 0.6) is 0 Å². The number of hydrogen-bond donors (Lipinski definition) is 0. The third-order valence-corrected chi connectivity index (χ3v) is 14.8. The third kappa shape index (κ3) is 6.85. The molecule has 0 amide bonds. The Labute approximate surface area is 384 Å². The van der Waals surface area contributed by atoms with E-state index in [1.165, 1.54) is 89.7 Å². The van der Waals surface area contributed by atoms with Gasteiger partial charge in [-0.1, -0.05) is 164 Å². The summed E-state index contributed by atoms with van der Waals surface area (Å²) in [6.07, 6.45) is 8.02. The Morgan fingerprint density at radius 2 is 0.938 bits per heavy atom. The van der Waals surface area contributed by atoms with Crippen LogP contribution in [0.25, 0.3) is 124 Å². The van der Waals surface area contributed by atoms with Gasteiger partial charge in [0.05, 0.1) is 0 Å². The summed E-state index contributed by atoms with van der Waals surface area (Å²) < 4.78 is 5.06. The van der Waals surface area contributed by atoms with Crippen molar-refractivity contribution >= 4 is 90.1 Å². The molecule has 65 heavy (non-hydrogen) atoms. The maximum absolute atomic E-state index is 5.14. The molecular weight excluding hydrogens is 827 g/mol. The van der Waals surface area contributed by atoms with E-state index in [4.69, 9.17) is 15.0 Å². The summed E-state index contributed by atoms with van der Waals surface area (Å²) in [5, 5.41) is 10.0. The second-order valence-electron chi connectivity index (χ2n) is 16.4. The van der Waals surface area contributed by atoms with Crippen molar-refractivity contribution in [3.8, 4) is 56.4 Å². The molecule has 0 bridgehead atoms. The lowest BCUT2D eigenvalue weighted by atomic mass is 9.89. The zero-order chi connectivity index (χ0) is 43.4. The van der Waals surface area contributed by atoms with Crippen LogP contribution in [0.4, 0.5) is 0 Å². The van der Waals surface area contributed by atoms with Crippen molar-refractivity contribution in [3.05, 3.63) is 218 Å². The quantitative estimate of drug-likeness (QED) is 0.113. The lowest BCUT2D eigenvalue weighted by Gasteiger charge is -2.14. The Kier molecular flexibility index (Phi) is 9.59. The topological polar surface area (TPSA) is 38.7 Å². The molecule has 0 spiro atoms. The van der Waals surface area contributed by atoms with Crippen LogP contribution < -0.4 is 0 Å². The maximum atomic E-state index is 5.14. The van der Waals surface area contributed by atoms with Crippen LogP contribution in [0.2, 0.25) is 0 Å². The van der Waals surface area contributed by atoms with Gasteiger partial charge in [-0.05, 0) is 110 Å². The van der Waals surface area contributed by atoms with E-state index in [0.29, 0.717) is 17.5 Å². The van der Waals surface area contributed by atoms with E-state index in [1.54, 1.807) is 0 Å². The first-order valence-corrected chi connectivity index (χ1v) is 23.4. The van der Waals surface area contributed by atoms with Crippen LogP contribution in [-0.4, -0.2) is 15.0 Å². The molecular formula is C60H39N3S2. The highest BCUT2D eigenvalue weighted by molar-refractivity contribution is 7.26. The number of benzene rings is 9. The first-order chi connectivity index (χ1) is 32.1. The Balaban J connectivity index is 0.959. The number of allylic oxidation sites excluding steroid dienone is 5. The van der Waals surface area contributed by atoms with Gasteiger partial charge in [0, 0.05) is 57.0 Å². The number of aromatic nitrogens is 3. The molecule has 0 aliphatic carbocycles. The molecule has 5 heteroatoms. The van der Waals surface area contributed by atoms with Crippen LogP contribution in [0.1, 0.15) is 12.5 Å². The molecule has 0 N–H and O–H groups in total. The van der Waals surface area contributed by atoms with Gasteiger partial charge in [-0.15, -0.1) is 22.7 Å². The van der Waals surface area contributed by atoms with Gasteiger partial charge >= 0.3 is 0 Å². The monoisotopic (exact) mass is 865 g/mol. The van der Waals surface area contributed by atoms with E-state index in [2.05, 4.69) is 189 Å². The predicted octanol–water partition coefficient (Wildman–Crippen LogP) is 17.4. The molecule has 0 radical (unpaired) electrons. The zero-order valence-electron chi connectivity index (χ0n) is 35.5. The van der Waals surface area contributed by atoms with Crippen LogP contribution in [0.15, 0.2) is 213 Å². The fourth-order valence-electron chi connectivity index (χ4n) is 9.33. The van der Waals surface area contributed by atoms with Crippen LogP contribution in [0.3, 0.4) is 0 Å². The minimum Gasteiger partial charge on any atom is -0.208 e. The van der Waals surface area contributed by atoms with Crippen molar-refractivity contribution < 1.29 is 0 Å². The van der Waals surface area contributed by atoms with Gasteiger partial charge in [-0.3, -0.25) is 0 Å². The van der Waals surface area contributed by atoms with Crippen molar-refractivity contribution in [2.45, 2.75) is 6.92 Å². The standard InChI is InChI=1S/C60H39N3S2/c1-3-4-6-15-37(2)49-36-50-43(21-13-23-47(50)45-18-9-10-19-46(45)49)41-30-32-55-52(34-41)57-44(22-14-25-56(57)65-55)38-26-28-40(29-27-38)59-61-58(39-16-7-5-8-17-39)62-60(63-59)42-31-33-54-51(35-42)48-20-11-12-24-53(48)64-54/h3-36H,1H2,2H3/b6-4-,37-15+. The second-order valence-corrected chi connectivity index (χ2v) is 18.6. The molecule has 0 saturated heterocycles. The van der Waals surface area contributed by atoms with Gasteiger partial charge in [0.15, 0.2) is 17.5 Å². The van der Waals surface area contributed by atoms with E-state index in [-0.39, 0.29) is 0 Å². The highest BCUT2D eigenvalue weighted by Crippen LogP contribution is 2.44. The third-order valence-electron chi connectivity index (χ3n) is 12.5. The molecule has 0 aliphatic rings. The fraction of sp³-hybridized carbons (Fsp3) is 0.0167. The van der Waals surface area contributed by atoms with Crippen LogP contribution >= 0.6 is 22.7 Å². The number of thiophene rings is 2. The fourth-order valence-corrected chi connectivity index (χ4v) is 11.5. The lowest BCUT2D eigenvalue weighted by molar-refractivity contribution is 1.07. The Morgan fingerprint density at radius 1 is 0.400 bits per heavy atom. The Morgan fingerprint density at radius 3 is 1.74 bits per heavy atom. The molecule has 3 heterocycles. The number of fused-ring (bicyclic) bond motifs is 9. The van der Waals surface area contributed by atoms with Crippen LogP contribution in [0, 0.1) is 0 Å². The molecule has 0 unspecified atom stereocenters. The average molecular weight is 866 g/mol. The SMILES string of the molecule is C=C/C=C\C=C(/C)c1cc2c(-c3ccc4sc5cccc(-c6ccc(-c7nc(-c8ccccc8)nc(-c8ccc9sc%10ccccc%10c9c8)n7)cc6)c5c4c3)cccc2c2ccccc12. The van der Waals surface area contributed by atoms with E-state index in [9.17, 15) is 0 Å². The van der Waals surface area contributed by atoms with Crippen molar-refractivity contribution in [2.24, 2.45) is 0 Å². The summed E-state index contributed by atoms with van der Waals surface area (Å²) in [7, 11) is 0. The summed E-state index contributed by atoms with van der Waals surface area (Å²) >= 11 is 3.66. The minimum atomic E-state index is 0.643. The van der Waals surface area contributed by atoms with Gasteiger partial charge in [0.2, 0.25) is 0 Å².